The summed E-state index contributed by atoms with van der Waals surface area (Å²) in [4.78, 5) is 37.8. The van der Waals surface area contributed by atoms with E-state index in [1.807, 2.05) is 6.26 Å². The van der Waals surface area contributed by atoms with Crippen molar-refractivity contribution in [3.05, 3.63) is 0 Å². The number of nitrogens with two attached hydrogens (primary N) is 2. The molecule has 1 aliphatic heterocycles. The van der Waals surface area contributed by atoms with Gasteiger partial charge in [0.05, 0.1) is 6.04 Å². The second-order valence-electron chi connectivity index (χ2n) is 6.26. The first-order chi connectivity index (χ1) is 11.9. The topological polar surface area (TPSA) is 139 Å². The number of thioether (sulfide) groups is 1. The molecule has 0 aromatic heterocycles. The zero-order chi connectivity index (χ0) is 18.8. The van der Waals surface area contributed by atoms with E-state index in [1.165, 1.54) is 4.90 Å². The Morgan fingerprint density at radius 3 is 2.64 bits per heavy atom. The number of rotatable bonds is 11. The van der Waals surface area contributed by atoms with Crippen LogP contribution in [0.3, 0.4) is 0 Å². The Kier molecular flexibility index (Phi) is 9.84. The predicted molar refractivity (Wildman–Crippen MR) is 98.2 cm³/mol. The highest BCUT2D eigenvalue weighted by Gasteiger charge is 2.37. The summed E-state index contributed by atoms with van der Waals surface area (Å²) in [5, 5.41) is 11.8. The van der Waals surface area contributed by atoms with Crippen molar-refractivity contribution in [1.29, 1.82) is 0 Å². The maximum Gasteiger partial charge on any atom is 0.326 e. The minimum atomic E-state index is -1.07. The third-order valence-electron chi connectivity index (χ3n) is 4.35. The van der Waals surface area contributed by atoms with Crippen LogP contribution >= 0.6 is 11.8 Å². The summed E-state index contributed by atoms with van der Waals surface area (Å²) in [5.74, 6) is -0.942. The minimum absolute atomic E-state index is 0.235. The monoisotopic (exact) mass is 374 g/mol. The number of hydrogen-bond donors (Lipinski definition) is 4. The third kappa shape index (κ3) is 6.83. The summed E-state index contributed by atoms with van der Waals surface area (Å²) in [5.41, 5.74) is 11.3. The lowest BCUT2D eigenvalue weighted by molar-refractivity contribution is -0.144. The van der Waals surface area contributed by atoms with Gasteiger partial charge in [0.15, 0.2) is 0 Å². The van der Waals surface area contributed by atoms with Crippen molar-refractivity contribution in [3.63, 3.8) is 0 Å². The fourth-order valence-corrected chi connectivity index (χ4v) is 3.39. The van der Waals surface area contributed by atoms with Crippen LogP contribution in [-0.4, -0.2) is 71.0 Å². The molecular weight excluding hydrogens is 344 g/mol. The lowest BCUT2D eigenvalue weighted by atomic mass is 10.1. The van der Waals surface area contributed by atoms with Crippen LogP contribution in [0.4, 0.5) is 0 Å². The first kappa shape index (κ1) is 21.7. The van der Waals surface area contributed by atoms with E-state index in [4.69, 9.17) is 11.5 Å². The highest BCUT2D eigenvalue weighted by Crippen LogP contribution is 2.19. The summed E-state index contributed by atoms with van der Waals surface area (Å²) in [7, 11) is 0. The van der Waals surface area contributed by atoms with Crippen LogP contribution < -0.4 is 16.8 Å². The summed E-state index contributed by atoms with van der Waals surface area (Å²) in [6, 6.07) is -2.22. The largest absolute Gasteiger partial charge is 0.480 e. The highest BCUT2D eigenvalue weighted by atomic mass is 32.2. The molecule has 1 heterocycles. The van der Waals surface area contributed by atoms with E-state index >= 15 is 0 Å². The average molecular weight is 375 g/mol. The van der Waals surface area contributed by atoms with Crippen molar-refractivity contribution in [2.45, 2.75) is 56.7 Å². The number of nitrogens with zero attached hydrogens (tertiary/aromatic N) is 1. The Balaban J connectivity index is 2.65. The second-order valence-corrected chi connectivity index (χ2v) is 7.25. The molecule has 0 radical (unpaired) electrons. The second kappa shape index (κ2) is 11.3. The first-order valence-electron chi connectivity index (χ1n) is 8.70. The summed E-state index contributed by atoms with van der Waals surface area (Å²) in [6.45, 7) is 0.966. The molecule has 6 N–H and O–H groups in total. The van der Waals surface area contributed by atoms with Crippen LogP contribution in [0.15, 0.2) is 0 Å². The van der Waals surface area contributed by atoms with E-state index in [0.717, 1.165) is 5.75 Å². The van der Waals surface area contributed by atoms with E-state index in [1.54, 1.807) is 11.8 Å². The quantitative estimate of drug-likeness (QED) is 0.366. The van der Waals surface area contributed by atoms with Gasteiger partial charge < -0.3 is 26.8 Å². The molecule has 144 valence electrons. The van der Waals surface area contributed by atoms with Crippen LogP contribution in [0.5, 0.6) is 0 Å². The molecule has 1 aliphatic rings. The van der Waals surface area contributed by atoms with E-state index in [-0.39, 0.29) is 5.91 Å². The Bertz CT molecular complexity index is 463. The first-order valence-corrected chi connectivity index (χ1v) is 10.1. The van der Waals surface area contributed by atoms with E-state index in [2.05, 4.69) is 5.32 Å². The molecule has 0 saturated carbocycles. The number of nitrogens with one attached hydrogen (secondary N) is 1. The fourth-order valence-electron chi connectivity index (χ4n) is 2.90. The smallest absolute Gasteiger partial charge is 0.326 e. The molecular formula is C16H30N4O4S. The zero-order valence-corrected chi connectivity index (χ0v) is 15.6. The number of amides is 2. The van der Waals surface area contributed by atoms with Gasteiger partial charge in [-0.05, 0) is 57.1 Å². The van der Waals surface area contributed by atoms with Gasteiger partial charge in [0, 0.05) is 6.54 Å². The van der Waals surface area contributed by atoms with Crippen molar-refractivity contribution in [2.24, 2.45) is 11.5 Å². The van der Waals surface area contributed by atoms with Gasteiger partial charge in [-0.25, -0.2) is 4.79 Å². The van der Waals surface area contributed by atoms with E-state index < -0.39 is 30.0 Å². The Morgan fingerprint density at radius 1 is 1.32 bits per heavy atom. The maximum atomic E-state index is 12.5. The maximum absolute atomic E-state index is 12.5. The van der Waals surface area contributed by atoms with E-state index in [9.17, 15) is 19.5 Å². The van der Waals surface area contributed by atoms with Crippen LogP contribution in [0, 0.1) is 0 Å². The summed E-state index contributed by atoms with van der Waals surface area (Å²) >= 11 is 1.61. The third-order valence-corrected chi connectivity index (χ3v) is 4.99. The molecule has 8 nitrogen and oxygen atoms in total. The molecule has 1 rings (SSSR count). The highest BCUT2D eigenvalue weighted by molar-refractivity contribution is 7.98. The summed E-state index contributed by atoms with van der Waals surface area (Å²) < 4.78 is 0. The van der Waals surface area contributed by atoms with Crippen LogP contribution in [0.2, 0.25) is 0 Å². The van der Waals surface area contributed by atoms with Gasteiger partial charge in [0.2, 0.25) is 11.8 Å². The molecule has 0 aliphatic carbocycles. The zero-order valence-electron chi connectivity index (χ0n) is 14.8. The van der Waals surface area contributed by atoms with Gasteiger partial charge in [-0.2, -0.15) is 11.8 Å². The lowest BCUT2D eigenvalue weighted by Crippen LogP contribution is -2.54. The molecule has 0 unspecified atom stereocenters. The number of likely N-dealkylation sites (tertiary alicyclic amines) is 1. The lowest BCUT2D eigenvalue weighted by Gasteiger charge is -2.27. The Labute approximate surface area is 153 Å². The SMILES string of the molecule is CSCC[C@H](N)C(=O)N1CCC[C@H]1C(=O)N[C@@H](CCCCN)C(=O)O. The van der Waals surface area contributed by atoms with Gasteiger partial charge in [-0.1, -0.05) is 0 Å². The van der Waals surface area contributed by atoms with Crippen molar-refractivity contribution in [1.82, 2.24) is 10.2 Å². The van der Waals surface area contributed by atoms with Crippen molar-refractivity contribution >= 4 is 29.5 Å². The standard InChI is InChI=1S/C16H30N4O4S/c1-25-10-7-11(18)15(22)20-9-4-6-13(20)14(21)19-12(16(23)24)5-2-3-8-17/h11-13H,2-10,17-18H2,1H3,(H,19,21)(H,23,24)/t11-,12-,13-/m0/s1. The van der Waals surface area contributed by atoms with Gasteiger partial charge >= 0.3 is 5.97 Å². The number of carbonyl (C=O) groups is 3. The molecule has 1 fully saturated rings. The Morgan fingerprint density at radius 2 is 2.04 bits per heavy atom. The normalized spacial score (nSPS) is 19.5. The van der Waals surface area contributed by atoms with Crippen molar-refractivity contribution in [2.75, 3.05) is 25.1 Å². The minimum Gasteiger partial charge on any atom is -0.480 e. The predicted octanol–water partition coefficient (Wildman–Crippen LogP) is -0.244. The fraction of sp³-hybridized carbons (Fsp3) is 0.812. The number of carbonyl (C=O) groups excluding carboxylic acids is 2. The number of unbranched alkanes of at least 4 members (excludes halogenated alkanes) is 1. The van der Waals surface area contributed by atoms with Gasteiger partial charge in [-0.15, -0.1) is 0 Å². The van der Waals surface area contributed by atoms with Crippen LogP contribution in [0.25, 0.3) is 0 Å². The average Bonchev–Trinajstić information content (AvgIpc) is 3.07. The van der Waals surface area contributed by atoms with E-state index in [0.29, 0.717) is 51.6 Å². The van der Waals surface area contributed by atoms with Crippen LogP contribution in [-0.2, 0) is 14.4 Å². The molecule has 0 aromatic rings. The van der Waals surface area contributed by atoms with Crippen molar-refractivity contribution < 1.29 is 19.5 Å². The number of aliphatic carboxylic acids is 1. The Hall–Kier alpha value is -1.32. The van der Waals surface area contributed by atoms with Gasteiger partial charge in [0.1, 0.15) is 12.1 Å². The van der Waals surface area contributed by atoms with Crippen molar-refractivity contribution in [3.8, 4) is 0 Å². The summed E-state index contributed by atoms with van der Waals surface area (Å²) in [6.07, 6.45) is 5.40. The molecule has 3 atom stereocenters. The molecule has 9 heteroatoms. The molecule has 1 saturated heterocycles. The molecule has 0 bridgehead atoms. The molecule has 2 amide bonds. The number of carboxylic acids is 1. The van der Waals surface area contributed by atoms with Gasteiger partial charge in [-0.3, -0.25) is 9.59 Å². The molecule has 25 heavy (non-hydrogen) atoms. The number of carboxylic acid groups (broad SMARTS) is 1. The van der Waals surface area contributed by atoms with Gasteiger partial charge in [0.25, 0.3) is 0 Å². The molecule has 0 aromatic carbocycles. The number of hydrogen-bond acceptors (Lipinski definition) is 6. The van der Waals surface area contributed by atoms with Crippen LogP contribution in [0.1, 0.15) is 38.5 Å². The molecule has 0 spiro atoms.